The summed E-state index contributed by atoms with van der Waals surface area (Å²) in [5.41, 5.74) is -1.45. The largest absolute Gasteiger partial charge is 0.277 e. The third-order valence-corrected chi connectivity index (χ3v) is 4.26. The molecule has 0 amide bonds. The molecule has 4 nitrogen and oxygen atoms in total. The van der Waals surface area contributed by atoms with Crippen molar-refractivity contribution in [3.8, 4) is 0 Å². The van der Waals surface area contributed by atoms with E-state index in [4.69, 9.17) is 16.7 Å². The van der Waals surface area contributed by atoms with Gasteiger partial charge >= 0.3 is 0 Å². The third-order valence-electron chi connectivity index (χ3n) is 2.90. The molecule has 0 bridgehead atoms. The smallest absolute Gasteiger partial charge is 0.237 e. The van der Waals surface area contributed by atoms with Gasteiger partial charge in [0.2, 0.25) is 0 Å². The number of alkyl halides is 1. The molecule has 1 unspecified atom stereocenters. The lowest BCUT2D eigenvalue weighted by atomic mass is 9.95. The van der Waals surface area contributed by atoms with E-state index < -0.39 is 15.9 Å². The van der Waals surface area contributed by atoms with Crippen LogP contribution < -0.4 is 5.14 Å². The Balaban J connectivity index is 2.32. The summed E-state index contributed by atoms with van der Waals surface area (Å²) in [5.74, 6) is 0. The van der Waals surface area contributed by atoms with Crippen LogP contribution in [0.1, 0.15) is 12.0 Å². The van der Waals surface area contributed by atoms with Crippen LogP contribution in [-0.4, -0.2) is 25.8 Å². The number of nitrogens with two attached hydrogens (primary N) is 1. The first-order valence-corrected chi connectivity index (χ1v) is 6.93. The van der Waals surface area contributed by atoms with Gasteiger partial charge in [0.15, 0.2) is 5.67 Å². The lowest BCUT2D eigenvalue weighted by molar-refractivity contribution is 0.183. The first-order valence-electron chi connectivity index (χ1n) is 5.05. The summed E-state index contributed by atoms with van der Waals surface area (Å²) in [5, 5.41) is 5.27. The molecule has 1 atom stereocenters. The number of hydrogen-bond donors (Lipinski definition) is 1. The second kappa shape index (κ2) is 4.20. The summed E-state index contributed by atoms with van der Waals surface area (Å²) in [6.07, 6.45) is 0.0627. The molecule has 17 heavy (non-hydrogen) atoms. The molecule has 0 radical (unpaired) electrons. The molecule has 1 heterocycles. The predicted molar refractivity (Wildman–Crippen MR) is 63.5 cm³/mol. The summed E-state index contributed by atoms with van der Waals surface area (Å²) in [6, 6.07) is 6.51. The number of benzene rings is 1. The molecule has 1 aromatic carbocycles. The SMILES string of the molecule is NS(=O)(=O)N1CCC(F)(c2ccccc2Cl)C1. The maximum Gasteiger partial charge on any atom is 0.277 e. The normalized spacial score (nSPS) is 26.3. The molecule has 7 heteroatoms. The van der Waals surface area contributed by atoms with Crippen molar-refractivity contribution in [2.75, 3.05) is 13.1 Å². The molecular weight excluding hydrogens is 267 g/mol. The summed E-state index contributed by atoms with van der Waals surface area (Å²) < 4.78 is 37.9. The van der Waals surface area contributed by atoms with Gasteiger partial charge in [0.05, 0.1) is 6.54 Å². The monoisotopic (exact) mass is 278 g/mol. The minimum Gasteiger partial charge on any atom is -0.237 e. The van der Waals surface area contributed by atoms with Gasteiger partial charge in [-0.15, -0.1) is 0 Å². The zero-order valence-corrected chi connectivity index (χ0v) is 10.5. The third kappa shape index (κ3) is 2.44. The molecule has 1 aromatic rings. The van der Waals surface area contributed by atoms with Crippen molar-refractivity contribution in [1.29, 1.82) is 0 Å². The second-order valence-electron chi connectivity index (χ2n) is 4.07. The van der Waals surface area contributed by atoms with Gasteiger partial charge in [0.25, 0.3) is 10.2 Å². The molecule has 94 valence electrons. The number of hydrogen-bond acceptors (Lipinski definition) is 2. The Hall–Kier alpha value is -0.690. The van der Waals surface area contributed by atoms with Crippen LogP contribution >= 0.6 is 11.6 Å². The average molecular weight is 279 g/mol. The molecule has 1 aliphatic heterocycles. The Bertz CT molecular complexity index is 537. The van der Waals surface area contributed by atoms with E-state index in [0.29, 0.717) is 10.6 Å². The Kier molecular flexibility index (Phi) is 3.15. The summed E-state index contributed by atoms with van der Waals surface area (Å²) in [7, 11) is -3.84. The zero-order chi connectivity index (χ0) is 12.7. The molecule has 2 N–H and O–H groups in total. The van der Waals surface area contributed by atoms with Crippen LogP contribution in [0.5, 0.6) is 0 Å². The van der Waals surface area contributed by atoms with E-state index in [9.17, 15) is 12.8 Å². The highest BCUT2D eigenvalue weighted by Crippen LogP contribution is 2.39. The topological polar surface area (TPSA) is 63.4 Å². The van der Waals surface area contributed by atoms with Crippen molar-refractivity contribution in [2.45, 2.75) is 12.1 Å². The molecule has 0 saturated carbocycles. The summed E-state index contributed by atoms with van der Waals surface area (Å²) >= 11 is 5.92. The van der Waals surface area contributed by atoms with E-state index in [2.05, 4.69) is 0 Å². The maximum atomic E-state index is 14.6. The van der Waals surface area contributed by atoms with E-state index in [0.717, 1.165) is 4.31 Å². The van der Waals surface area contributed by atoms with E-state index >= 15 is 0 Å². The van der Waals surface area contributed by atoms with Gasteiger partial charge in [-0.2, -0.15) is 12.7 Å². The van der Waals surface area contributed by atoms with Crippen LogP contribution in [0.4, 0.5) is 4.39 Å². The fraction of sp³-hybridized carbons (Fsp3) is 0.400. The van der Waals surface area contributed by atoms with E-state index in [1.165, 1.54) is 0 Å². The van der Waals surface area contributed by atoms with Crippen molar-refractivity contribution in [2.24, 2.45) is 5.14 Å². The van der Waals surface area contributed by atoms with Crippen molar-refractivity contribution >= 4 is 21.8 Å². The molecule has 1 fully saturated rings. The van der Waals surface area contributed by atoms with Crippen LogP contribution in [0.3, 0.4) is 0 Å². The lowest BCUT2D eigenvalue weighted by Gasteiger charge is -2.21. The van der Waals surface area contributed by atoms with Crippen molar-refractivity contribution in [3.05, 3.63) is 34.9 Å². The van der Waals surface area contributed by atoms with Gasteiger partial charge in [-0.05, 0) is 6.07 Å². The van der Waals surface area contributed by atoms with Gasteiger partial charge < -0.3 is 0 Å². The highest BCUT2D eigenvalue weighted by molar-refractivity contribution is 7.86. The van der Waals surface area contributed by atoms with Gasteiger partial charge in [0, 0.05) is 23.6 Å². The number of halogens is 2. The first-order chi connectivity index (χ1) is 7.83. The van der Waals surface area contributed by atoms with Crippen molar-refractivity contribution < 1.29 is 12.8 Å². The highest BCUT2D eigenvalue weighted by Gasteiger charge is 2.44. The molecule has 0 spiro atoms. The van der Waals surface area contributed by atoms with Gasteiger partial charge in [-0.1, -0.05) is 29.8 Å². The van der Waals surface area contributed by atoms with Crippen LogP contribution in [0.2, 0.25) is 5.02 Å². The average Bonchev–Trinajstić information content (AvgIpc) is 2.62. The van der Waals surface area contributed by atoms with Crippen LogP contribution in [-0.2, 0) is 15.9 Å². The fourth-order valence-electron chi connectivity index (χ4n) is 2.00. The van der Waals surface area contributed by atoms with E-state index in [1.807, 2.05) is 0 Å². The number of nitrogens with zero attached hydrogens (tertiary/aromatic N) is 1. The molecule has 1 saturated heterocycles. The fourth-order valence-corrected chi connectivity index (χ4v) is 3.04. The van der Waals surface area contributed by atoms with Gasteiger partial charge in [-0.3, -0.25) is 0 Å². The molecular formula is C10H12ClFN2O2S. The van der Waals surface area contributed by atoms with E-state index in [-0.39, 0.29) is 19.5 Å². The van der Waals surface area contributed by atoms with Gasteiger partial charge in [-0.25, -0.2) is 9.53 Å². The maximum absolute atomic E-state index is 14.6. The Morgan fingerprint density at radius 1 is 1.41 bits per heavy atom. The van der Waals surface area contributed by atoms with Gasteiger partial charge in [0.1, 0.15) is 0 Å². The van der Waals surface area contributed by atoms with Crippen LogP contribution in [0.15, 0.2) is 24.3 Å². The molecule has 0 aromatic heterocycles. The van der Waals surface area contributed by atoms with Crippen LogP contribution in [0, 0.1) is 0 Å². The quantitative estimate of drug-likeness (QED) is 0.889. The zero-order valence-electron chi connectivity index (χ0n) is 8.94. The standard InChI is InChI=1S/C10H12ClFN2O2S/c11-9-4-2-1-3-8(9)10(12)5-6-14(7-10)17(13,15)16/h1-4H,5-7H2,(H2,13,15,16). The van der Waals surface area contributed by atoms with Crippen molar-refractivity contribution in [1.82, 2.24) is 4.31 Å². The van der Waals surface area contributed by atoms with Crippen LogP contribution in [0.25, 0.3) is 0 Å². The minimum absolute atomic E-state index is 0.0627. The molecule has 0 aliphatic carbocycles. The Morgan fingerprint density at radius 2 is 2.06 bits per heavy atom. The molecule has 1 aliphatic rings. The van der Waals surface area contributed by atoms with Crippen molar-refractivity contribution in [3.63, 3.8) is 0 Å². The lowest BCUT2D eigenvalue weighted by Crippen LogP contribution is -2.36. The Labute approximate surface area is 104 Å². The number of rotatable bonds is 2. The Morgan fingerprint density at radius 3 is 2.59 bits per heavy atom. The predicted octanol–water partition coefficient (Wildman–Crippen LogP) is 1.41. The molecule has 2 rings (SSSR count). The summed E-state index contributed by atoms with van der Waals surface area (Å²) in [6.45, 7) is -0.212. The van der Waals surface area contributed by atoms with E-state index in [1.54, 1.807) is 24.3 Å². The first kappa shape index (κ1) is 12.8. The summed E-state index contributed by atoms with van der Waals surface area (Å²) in [4.78, 5) is 0. The minimum atomic E-state index is -3.84. The second-order valence-corrected chi connectivity index (χ2v) is 6.03. The highest BCUT2D eigenvalue weighted by atomic mass is 35.5.